The lowest BCUT2D eigenvalue weighted by Gasteiger charge is -2.11. The third-order valence-electron chi connectivity index (χ3n) is 4.48. The molecule has 0 aliphatic rings. The number of ether oxygens (including phenoxy) is 1. The van der Waals surface area contributed by atoms with Crippen molar-refractivity contribution in [2.45, 2.75) is 123 Å². The molecule has 5 heteroatoms. The first kappa shape index (κ1) is 29.9. The smallest absolute Gasteiger partial charge is 0.154 e. The molecule has 1 unspecified atom stereocenters. The number of unbranched alkanes of at least 4 members (excludes halogenated alkanes) is 12. The molecule has 27 heavy (non-hydrogen) atoms. The lowest BCUT2D eigenvalue weighted by Crippen LogP contribution is -2.12. The van der Waals surface area contributed by atoms with E-state index in [1.165, 1.54) is 70.6 Å². The van der Waals surface area contributed by atoms with Crippen molar-refractivity contribution in [1.29, 1.82) is 0 Å². The number of halogens is 1. The Hall–Kier alpha value is 0.710. The number of alkyl halides is 1. The maximum Gasteiger partial charge on any atom is 0.154 e. The molecular weight excluding hydrogens is 424 g/mol. The number of thiol groups is 1. The second-order valence-corrected chi connectivity index (χ2v) is 8.28. The van der Waals surface area contributed by atoms with Crippen molar-refractivity contribution in [3.8, 4) is 0 Å². The van der Waals surface area contributed by atoms with Gasteiger partial charge in [-0.3, -0.25) is 0 Å². The van der Waals surface area contributed by atoms with Crippen LogP contribution in [0, 0.1) is 0 Å². The largest absolute Gasteiger partial charge is 0.368 e. The lowest BCUT2D eigenvalue weighted by atomic mass is 10.1. The van der Waals surface area contributed by atoms with Gasteiger partial charge in [-0.05, 0) is 45.0 Å². The molecule has 166 valence electrons. The minimum absolute atomic E-state index is 0.527. The van der Waals surface area contributed by atoms with Gasteiger partial charge in [0.1, 0.15) is 0 Å². The third kappa shape index (κ3) is 31.6. The Bertz CT molecular complexity index is 240. The molecule has 0 saturated heterocycles. The summed E-state index contributed by atoms with van der Waals surface area (Å²) in [6, 6.07) is 0. The molecule has 0 bridgehead atoms. The molecule has 0 heterocycles. The zero-order chi connectivity index (χ0) is 20.4. The average Bonchev–Trinajstić information content (AvgIpc) is 2.67. The second kappa shape index (κ2) is 28.9. The van der Waals surface area contributed by atoms with Gasteiger partial charge in [0.15, 0.2) is 6.29 Å². The molecule has 0 rings (SSSR count). The number of aliphatic hydroxyl groups excluding tert-OH is 1. The van der Waals surface area contributed by atoms with Crippen LogP contribution in [0.25, 0.3) is 0 Å². The Morgan fingerprint density at radius 1 is 0.704 bits per heavy atom. The van der Waals surface area contributed by atoms with E-state index < -0.39 is 6.29 Å². The van der Waals surface area contributed by atoms with E-state index in [1.807, 2.05) is 0 Å². The van der Waals surface area contributed by atoms with Crippen LogP contribution in [-0.4, -0.2) is 29.9 Å². The van der Waals surface area contributed by atoms with Gasteiger partial charge in [0.25, 0.3) is 0 Å². The number of hydrogen-bond acceptors (Lipinski definition) is 4. The summed E-state index contributed by atoms with van der Waals surface area (Å²) in [7, 11) is 0. The fourth-order valence-corrected chi connectivity index (χ4v) is 3.22. The standard InChI is InChI=1S/C16H34O2.C6H13BrOS/c1-3-5-7-8-9-10-11-12-13-14-16(17)18-15-6-4-2;7-5-3-1-2-4-6-8-9/h16-17H,3-15H2,1-2H3;9H,1-6H2. The molecule has 1 atom stereocenters. The molecule has 0 spiro atoms. The van der Waals surface area contributed by atoms with Gasteiger partial charge in [-0.25, -0.2) is 0 Å². The van der Waals surface area contributed by atoms with Gasteiger partial charge < -0.3 is 14.0 Å². The molecule has 0 fully saturated rings. The van der Waals surface area contributed by atoms with Crippen molar-refractivity contribution in [3.63, 3.8) is 0 Å². The summed E-state index contributed by atoms with van der Waals surface area (Å²) in [6.45, 7) is 5.88. The van der Waals surface area contributed by atoms with Crippen LogP contribution in [-0.2, 0) is 8.92 Å². The highest BCUT2D eigenvalue weighted by Crippen LogP contribution is 2.11. The van der Waals surface area contributed by atoms with Gasteiger partial charge in [-0.2, -0.15) is 0 Å². The number of hydrogen-bond donors (Lipinski definition) is 2. The molecule has 3 nitrogen and oxygen atoms in total. The van der Waals surface area contributed by atoms with Gasteiger partial charge in [0.2, 0.25) is 0 Å². The fraction of sp³-hybridized carbons (Fsp3) is 1.00. The quantitative estimate of drug-likeness (QED) is 0.0624. The molecular formula is C22H47BrO3S. The fourth-order valence-electron chi connectivity index (χ4n) is 2.69. The molecule has 0 aromatic carbocycles. The summed E-state index contributed by atoms with van der Waals surface area (Å²) in [4.78, 5) is 0. The maximum absolute atomic E-state index is 9.55. The van der Waals surface area contributed by atoms with Crippen molar-refractivity contribution < 1.29 is 14.0 Å². The van der Waals surface area contributed by atoms with Crippen LogP contribution in [0.2, 0.25) is 0 Å². The summed E-state index contributed by atoms with van der Waals surface area (Å²) in [5, 5.41) is 10.7. The molecule has 0 aliphatic heterocycles. The maximum atomic E-state index is 9.55. The van der Waals surface area contributed by atoms with E-state index in [0.29, 0.717) is 6.61 Å². The molecule has 0 aliphatic carbocycles. The van der Waals surface area contributed by atoms with Crippen molar-refractivity contribution in [2.24, 2.45) is 0 Å². The van der Waals surface area contributed by atoms with Gasteiger partial charge in [0, 0.05) is 11.9 Å². The van der Waals surface area contributed by atoms with Gasteiger partial charge in [-0.1, -0.05) is 100 Å². The molecule has 0 saturated carbocycles. The van der Waals surface area contributed by atoms with Crippen LogP contribution in [0.15, 0.2) is 0 Å². The first-order valence-corrected chi connectivity index (χ1v) is 12.8. The van der Waals surface area contributed by atoms with Crippen molar-refractivity contribution in [3.05, 3.63) is 0 Å². The SMILES string of the molecule is CCCCCCCCCCCC(O)OCCCC.SOCCCCCCBr. The first-order valence-electron chi connectivity index (χ1n) is 11.3. The molecule has 1 N–H and O–H groups in total. The lowest BCUT2D eigenvalue weighted by molar-refractivity contribution is -0.104. The zero-order valence-electron chi connectivity index (χ0n) is 18.1. The van der Waals surface area contributed by atoms with E-state index in [2.05, 4.69) is 46.9 Å². The Kier molecular flexibility index (Phi) is 32.0. The van der Waals surface area contributed by atoms with E-state index in [1.54, 1.807) is 0 Å². The van der Waals surface area contributed by atoms with Crippen LogP contribution < -0.4 is 0 Å². The number of aliphatic hydroxyl groups is 1. The van der Waals surface area contributed by atoms with Crippen molar-refractivity contribution in [1.82, 2.24) is 0 Å². The minimum atomic E-state index is -0.527. The van der Waals surface area contributed by atoms with Crippen molar-refractivity contribution >= 4 is 28.8 Å². The van der Waals surface area contributed by atoms with Crippen molar-refractivity contribution in [2.75, 3.05) is 18.5 Å². The Labute approximate surface area is 184 Å². The monoisotopic (exact) mass is 470 g/mol. The Morgan fingerprint density at radius 2 is 1.22 bits per heavy atom. The van der Waals surface area contributed by atoms with Crippen LogP contribution in [0.5, 0.6) is 0 Å². The molecule has 0 aromatic heterocycles. The highest BCUT2D eigenvalue weighted by molar-refractivity contribution is 9.09. The van der Waals surface area contributed by atoms with E-state index in [9.17, 15) is 5.11 Å². The second-order valence-electron chi connectivity index (χ2n) is 7.23. The van der Waals surface area contributed by atoms with Gasteiger partial charge in [-0.15, -0.1) is 0 Å². The average molecular weight is 472 g/mol. The summed E-state index contributed by atoms with van der Waals surface area (Å²) in [6.07, 6.45) is 19.3. The zero-order valence-corrected chi connectivity index (χ0v) is 20.6. The third-order valence-corrected chi connectivity index (χ3v) is 5.23. The predicted molar refractivity (Wildman–Crippen MR) is 126 cm³/mol. The highest BCUT2D eigenvalue weighted by atomic mass is 79.9. The van der Waals surface area contributed by atoms with Crippen LogP contribution in [0.1, 0.15) is 117 Å². The summed E-state index contributed by atoms with van der Waals surface area (Å²) in [5.74, 6) is 0. The molecule has 0 amide bonds. The Balaban J connectivity index is 0. The summed E-state index contributed by atoms with van der Waals surface area (Å²) >= 11 is 7.01. The van der Waals surface area contributed by atoms with Gasteiger partial charge in [0.05, 0.1) is 6.61 Å². The van der Waals surface area contributed by atoms with E-state index in [4.69, 9.17) is 4.74 Å². The van der Waals surface area contributed by atoms with E-state index >= 15 is 0 Å². The highest BCUT2D eigenvalue weighted by Gasteiger charge is 2.02. The predicted octanol–water partition coefficient (Wildman–Crippen LogP) is 7.85. The topological polar surface area (TPSA) is 38.7 Å². The Morgan fingerprint density at radius 3 is 1.78 bits per heavy atom. The van der Waals surface area contributed by atoms with E-state index in [0.717, 1.165) is 44.0 Å². The molecule has 0 aromatic rings. The van der Waals surface area contributed by atoms with Crippen LogP contribution in [0.3, 0.4) is 0 Å². The van der Waals surface area contributed by atoms with Gasteiger partial charge >= 0.3 is 0 Å². The van der Waals surface area contributed by atoms with E-state index in [-0.39, 0.29) is 0 Å². The summed E-state index contributed by atoms with van der Waals surface area (Å²) in [5.41, 5.74) is 0. The summed E-state index contributed by atoms with van der Waals surface area (Å²) < 4.78 is 9.91. The van der Waals surface area contributed by atoms with Crippen LogP contribution in [0.4, 0.5) is 0 Å². The minimum Gasteiger partial charge on any atom is -0.368 e. The molecule has 0 radical (unpaired) electrons. The van der Waals surface area contributed by atoms with Crippen LogP contribution >= 0.6 is 28.8 Å². The number of rotatable bonds is 20. The normalized spacial score (nSPS) is 11.9. The first-order chi connectivity index (χ1) is 13.2.